The molecule has 2 aliphatic rings. The third kappa shape index (κ3) is 3.47. The van der Waals surface area contributed by atoms with Crippen molar-refractivity contribution in [2.24, 2.45) is 11.7 Å². The lowest BCUT2D eigenvalue weighted by Gasteiger charge is -2.34. The molecule has 1 aliphatic carbocycles. The number of ether oxygens (including phenoxy) is 1. The van der Waals surface area contributed by atoms with E-state index in [1.54, 1.807) is 0 Å². The van der Waals surface area contributed by atoms with Gasteiger partial charge in [-0.05, 0) is 18.8 Å². The van der Waals surface area contributed by atoms with Crippen molar-refractivity contribution in [2.75, 3.05) is 39.9 Å². The number of nitrogens with zero attached hydrogens (tertiary/aromatic N) is 2. The fraction of sp³-hybridized carbons (Fsp3) is 0.909. The van der Waals surface area contributed by atoms with Gasteiger partial charge in [0.25, 0.3) is 0 Å². The molecule has 2 rings (SSSR count). The van der Waals surface area contributed by atoms with Gasteiger partial charge in [0.05, 0.1) is 13.2 Å². The molecule has 0 radical (unpaired) electrons. The fourth-order valence-corrected chi connectivity index (χ4v) is 2.27. The first kappa shape index (κ1) is 14.5. The van der Waals surface area contributed by atoms with Crippen molar-refractivity contribution in [3.8, 4) is 0 Å². The van der Waals surface area contributed by atoms with E-state index in [1.807, 2.05) is 16.8 Å². The first-order valence-electron chi connectivity index (χ1n) is 6.03. The first-order chi connectivity index (χ1) is 7.74. The highest BCUT2D eigenvalue weighted by Crippen LogP contribution is 2.34. The maximum atomic E-state index is 12.2. The molecule has 2 N–H and O–H groups in total. The van der Waals surface area contributed by atoms with Crippen LogP contribution in [0, 0.1) is 5.92 Å². The van der Waals surface area contributed by atoms with Crippen molar-refractivity contribution >= 4 is 18.4 Å². The molecule has 2 fully saturated rings. The standard InChI is InChI=1S/C11H21N3O2.ClH/c1-13(10(8-12)9-2-3-9)11(15)14-4-6-16-7-5-14;/h9-10H,2-8,12H2,1H3;1H. The van der Waals surface area contributed by atoms with E-state index >= 15 is 0 Å². The van der Waals surface area contributed by atoms with E-state index in [1.165, 1.54) is 12.8 Å². The number of nitrogens with two attached hydrogens (primary N) is 1. The van der Waals surface area contributed by atoms with Crippen LogP contribution < -0.4 is 5.73 Å². The maximum absolute atomic E-state index is 12.2. The van der Waals surface area contributed by atoms with Gasteiger partial charge in [0.2, 0.25) is 0 Å². The van der Waals surface area contributed by atoms with Gasteiger partial charge >= 0.3 is 6.03 Å². The van der Waals surface area contributed by atoms with Crippen LogP contribution in [-0.4, -0.2) is 61.8 Å². The molecule has 1 heterocycles. The lowest BCUT2D eigenvalue weighted by molar-refractivity contribution is 0.0414. The molecule has 1 saturated carbocycles. The average Bonchev–Trinajstić information content (AvgIpc) is 3.14. The van der Waals surface area contributed by atoms with Crippen LogP contribution in [0.25, 0.3) is 0 Å². The Kier molecular flexibility index (Phi) is 5.49. The summed E-state index contributed by atoms with van der Waals surface area (Å²) in [5.74, 6) is 0.625. The summed E-state index contributed by atoms with van der Waals surface area (Å²) in [6.45, 7) is 3.26. The van der Waals surface area contributed by atoms with E-state index in [-0.39, 0.29) is 24.5 Å². The van der Waals surface area contributed by atoms with Crippen molar-refractivity contribution in [3.05, 3.63) is 0 Å². The van der Waals surface area contributed by atoms with E-state index in [2.05, 4.69) is 0 Å². The van der Waals surface area contributed by atoms with Gasteiger partial charge in [0.1, 0.15) is 0 Å². The quantitative estimate of drug-likeness (QED) is 0.808. The lowest BCUT2D eigenvalue weighted by Crippen LogP contribution is -2.52. The monoisotopic (exact) mass is 263 g/mol. The first-order valence-corrected chi connectivity index (χ1v) is 6.03. The zero-order chi connectivity index (χ0) is 11.5. The summed E-state index contributed by atoms with van der Waals surface area (Å²) >= 11 is 0. The van der Waals surface area contributed by atoms with Crippen LogP contribution in [0.5, 0.6) is 0 Å². The third-order valence-electron chi connectivity index (χ3n) is 3.49. The zero-order valence-corrected chi connectivity index (χ0v) is 11.1. The second-order valence-corrected chi connectivity index (χ2v) is 4.63. The van der Waals surface area contributed by atoms with Gasteiger partial charge in [0.15, 0.2) is 0 Å². The van der Waals surface area contributed by atoms with E-state index in [4.69, 9.17) is 10.5 Å². The molecule has 0 spiro atoms. The van der Waals surface area contributed by atoms with Gasteiger partial charge in [-0.25, -0.2) is 4.79 Å². The molecule has 1 aliphatic heterocycles. The summed E-state index contributed by atoms with van der Waals surface area (Å²) in [5.41, 5.74) is 5.74. The predicted octanol–water partition coefficient (Wildman–Crippen LogP) is 0.529. The van der Waals surface area contributed by atoms with Crippen molar-refractivity contribution < 1.29 is 9.53 Å². The molecule has 100 valence electrons. The van der Waals surface area contributed by atoms with Gasteiger partial charge in [0, 0.05) is 32.7 Å². The molecule has 0 aromatic rings. The molecule has 17 heavy (non-hydrogen) atoms. The van der Waals surface area contributed by atoms with Crippen LogP contribution in [0.1, 0.15) is 12.8 Å². The van der Waals surface area contributed by atoms with Crippen molar-refractivity contribution in [3.63, 3.8) is 0 Å². The Hall–Kier alpha value is -0.520. The number of hydrogen-bond acceptors (Lipinski definition) is 3. The van der Waals surface area contributed by atoms with Crippen LogP contribution in [0.15, 0.2) is 0 Å². The Morgan fingerprint density at radius 2 is 2.06 bits per heavy atom. The number of amides is 2. The molecule has 6 heteroatoms. The highest BCUT2D eigenvalue weighted by molar-refractivity contribution is 5.85. The molecule has 0 aromatic heterocycles. The van der Waals surface area contributed by atoms with E-state index < -0.39 is 0 Å². The minimum Gasteiger partial charge on any atom is -0.378 e. The van der Waals surface area contributed by atoms with Crippen LogP contribution >= 0.6 is 12.4 Å². The molecule has 0 aromatic carbocycles. The van der Waals surface area contributed by atoms with Gasteiger partial charge in [-0.2, -0.15) is 0 Å². The van der Waals surface area contributed by atoms with Crippen LogP contribution in [0.3, 0.4) is 0 Å². The highest BCUT2D eigenvalue weighted by atomic mass is 35.5. The van der Waals surface area contributed by atoms with Crippen LogP contribution in [0.2, 0.25) is 0 Å². The topological polar surface area (TPSA) is 58.8 Å². The molecular weight excluding hydrogens is 242 g/mol. The Labute approximate surface area is 109 Å². The van der Waals surface area contributed by atoms with Crippen molar-refractivity contribution in [2.45, 2.75) is 18.9 Å². The smallest absolute Gasteiger partial charge is 0.320 e. The number of carbonyl (C=O) groups excluding carboxylic acids is 1. The number of carbonyl (C=O) groups is 1. The number of morpholine rings is 1. The van der Waals surface area contributed by atoms with Gasteiger partial charge < -0.3 is 20.3 Å². The lowest BCUT2D eigenvalue weighted by atomic mass is 10.1. The van der Waals surface area contributed by atoms with Gasteiger partial charge in [-0.3, -0.25) is 0 Å². The molecule has 2 amide bonds. The Morgan fingerprint density at radius 3 is 2.53 bits per heavy atom. The van der Waals surface area contributed by atoms with Crippen LogP contribution in [0.4, 0.5) is 4.79 Å². The maximum Gasteiger partial charge on any atom is 0.320 e. The summed E-state index contributed by atoms with van der Waals surface area (Å²) in [4.78, 5) is 15.8. The van der Waals surface area contributed by atoms with E-state index in [0.29, 0.717) is 38.8 Å². The van der Waals surface area contributed by atoms with E-state index in [0.717, 1.165) is 0 Å². The average molecular weight is 264 g/mol. The summed E-state index contributed by atoms with van der Waals surface area (Å²) in [6, 6.07) is 0.320. The molecular formula is C11H22ClN3O2. The summed E-state index contributed by atoms with van der Waals surface area (Å²) in [6.07, 6.45) is 2.42. The summed E-state index contributed by atoms with van der Waals surface area (Å²) in [7, 11) is 1.87. The molecule has 5 nitrogen and oxygen atoms in total. The minimum atomic E-state index is 0. The second-order valence-electron chi connectivity index (χ2n) is 4.63. The third-order valence-corrected chi connectivity index (χ3v) is 3.49. The zero-order valence-electron chi connectivity index (χ0n) is 10.3. The fourth-order valence-electron chi connectivity index (χ4n) is 2.27. The van der Waals surface area contributed by atoms with Crippen molar-refractivity contribution in [1.29, 1.82) is 0 Å². The largest absolute Gasteiger partial charge is 0.378 e. The second kappa shape index (κ2) is 6.42. The van der Waals surface area contributed by atoms with Gasteiger partial charge in [-0.1, -0.05) is 0 Å². The SMILES string of the molecule is CN(C(=O)N1CCOCC1)C(CN)C1CC1.Cl. The van der Waals surface area contributed by atoms with Gasteiger partial charge in [-0.15, -0.1) is 12.4 Å². The normalized spacial score (nSPS) is 21.6. The summed E-state index contributed by atoms with van der Waals surface area (Å²) in [5, 5.41) is 0. The predicted molar refractivity (Wildman–Crippen MR) is 68.4 cm³/mol. The van der Waals surface area contributed by atoms with Crippen LogP contribution in [-0.2, 0) is 4.74 Å². The number of likely N-dealkylation sites (N-methyl/N-ethyl adjacent to an activating group) is 1. The molecule has 1 unspecified atom stereocenters. The molecule has 1 atom stereocenters. The number of halogens is 1. The summed E-state index contributed by atoms with van der Waals surface area (Å²) < 4.78 is 5.24. The van der Waals surface area contributed by atoms with Crippen molar-refractivity contribution in [1.82, 2.24) is 9.80 Å². The highest BCUT2D eigenvalue weighted by Gasteiger charge is 2.36. The molecule has 0 bridgehead atoms. The Morgan fingerprint density at radius 1 is 1.47 bits per heavy atom. The number of rotatable bonds is 3. The number of hydrogen-bond donors (Lipinski definition) is 1. The van der Waals surface area contributed by atoms with E-state index in [9.17, 15) is 4.79 Å². The Balaban J connectivity index is 0.00000144. The molecule has 1 saturated heterocycles. The number of urea groups is 1. The minimum absolute atomic E-state index is 0. The Bertz CT molecular complexity index is 255.